The van der Waals surface area contributed by atoms with Crippen LogP contribution in [0.15, 0.2) is 60.7 Å². The molecule has 0 atom stereocenters. The first-order valence-corrected chi connectivity index (χ1v) is 9.25. The van der Waals surface area contributed by atoms with Crippen LogP contribution >= 0.6 is 0 Å². The van der Waals surface area contributed by atoms with Crippen molar-refractivity contribution in [3.8, 4) is 0 Å². The molecule has 2 aromatic carbocycles. The van der Waals surface area contributed by atoms with Gasteiger partial charge in [-0.2, -0.15) is 0 Å². The predicted molar refractivity (Wildman–Crippen MR) is 102 cm³/mol. The number of nitrogens with two attached hydrogens (primary N) is 1. The molecule has 0 bridgehead atoms. The summed E-state index contributed by atoms with van der Waals surface area (Å²) in [6.07, 6.45) is 3.99. The molecular weight excluding hydrogens is 324 g/mol. The van der Waals surface area contributed by atoms with Crippen molar-refractivity contribution in [2.45, 2.75) is 32.1 Å². The molecule has 3 rings (SSSR count). The highest BCUT2D eigenvalue weighted by atomic mass is 16.2. The van der Waals surface area contributed by atoms with Crippen LogP contribution in [0.5, 0.6) is 0 Å². The molecule has 1 aliphatic rings. The van der Waals surface area contributed by atoms with E-state index >= 15 is 0 Å². The second-order valence-corrected chi connectivity index (χ2v) is 7.25. The van der Waals surface area contributed by atoms with Crippen LogP contribution in [0, 0.1) is 5.41 Å². The van der Waals surface area contributed by atoms with Crippen LogP contribution in [0.2, 0.25) is 0 Å². The minimum Gasteiger partial charge on any atom is -0.369 e. The molecule has 136 valence electrons. The lowest BCUT2D eigenvalue weighted by molar-refractivity contribution is -0.151. The van der Waals surface area contributed by atoms with Gasteiger partial charge in [-0.25, -0.2) is 0 Å². The monoisotopic (exact) mass is 350 g/mol. The van der Waals surface area contributed by atoms with E-state index in [1.807, 2.05) is 48.5 Å². The summed E-state index contributed by atoms with van der Waals surface area (Å²) >= 11 is 0. The smallest absolute Gasteiger partial charge is 0.227 e. The van der Waals surface area contributed by atoms with Crippen molar-refractivity contribution in [1.82, 2.24) is 4.90 Å². The van der Waals surface area contributed by atoms with Gasteiger partial charge in [-0.3, -0.25) is 9.59 Å². The van der Waals surface area contributed by atoms with Gasteiger partial charge < -0.3 is 10.6 Å². The third-order valence-electron chi connectivity index (χ3n) is 5.20. The lowest BCUT2D eigenvalue weighted by atomic mass is 9.74. The Hall–Kier alpha value is -2.62. The van der Waals surface area contributed by atoms with Crippen LogP contribution in [0.25, 0.3) is 0 Å². The summed E-state index contributed by atoms with van der Waals surface area (Å²) in [6, 6.07) is 20.2. The van der Waals surface area contributed by atoms with Gasteiger partial charge in [0.25, 0.3) is 0 Å². The number of unbranched alkanes of at least 4 members (excludes halogenated alkanes) is 1. The molecule has 0 saturated carbocycles. The molecule has 4 heteroatoms. The van der Waals surface area contributed by atoms with E-state index in [4.69, 9.17) is 5.73 Å². The standard InChI is InChI=1S/C22H26N2O2/c23-21(26)22(15-19-12-5-2-6-13-19)16-24(17-22)20(25)14-8-7-11-18-9-3-1-4-10-18/h1-6,9-10,12-13H,7-8,11,14-17H2,(H2,23,26). The van der Waals surface area contributed by atoms with E-state index in [9.17, 15) is 9.59 Å². The number of hydrogen-bond donors (Lipinski definition) is 1. The minimum absolute atomic E-state index is 0.128. The van der Waals surface area contributed by atoms with Crippen molar-refractivity contribution in [3.63, 3.8) is 0 Å². The first-order chi connectivity index (χ1) is 12.6. The Morgan fingerprint density at radius 1 is 0.885 bits per heavy atom. The topological polar surface area (TPSA) is 63.4 Å². The molecule has 4 nitrogen and oxygen atoms in total. The average molecular weight is 350 g/mol. The van der Waals surface area contributed by atoms with Crippen LogP contribution in [0.3, 0.4) is 0 Å². The Bertz CT molecular complexity index is 737. The highest BCUT2D eigenvalue weighted by Crippen LogP contribution is 2.34. The third-order valence-corrected chi connectivity index (χ3v) is 5.20. The van der Waals surface area contributed by atoms with Crippen molar-refractivity contribution in [2.75, 3.05) is 13.1 Å². The van der Waals surface area contributed by atoms with E-state index in [0.717, 1.165) is 24.8 Å². The number of carbonyl (C=O) groups excluding carboxylic acids is 2. The van der Waals surface area contributed by atoms with Crippen LogP contribution in [-0.2, 0) is 22.4 Å². The zero-order chi connectivity index (χ0) is 18.4. The van der Waals surface area contributed by atoms with E-state index in [0.29, 0.717) is 25.9 Å². The normalized spacial score (nSPS) is 15.3. The van der Waals surface area contributed by atoms with Crippen molar-refractivity contribution < 1.29 is 9.59 Å². The largest absolute Gasteiger partial charge is 0.369 e. The number of benzene rings is 2. The Morgan fingerprint density at radius 2 is 1.46 bits per heavy atom. The van der Waals surface area contributed by atoms with E-state index in [1.165, 1.54) is 5.56 Å². The van der Waals surface area contributed by atoms with Gasteiger partial charge in [0.1, 0.15) is 0 Å². The molecule has 1 fully saturated rings. The Morgan fingerprint density at radius 3 is 2.04 bits per heavy atom. The van der Waals surface area contributed by atoms with Crippen LogP contribution in [0.1, 0.15) is 30.4 Å². The molecule has 0 aliphatic carbocycles. The lowest BCUT2D eigenvalue weighted by Crippen LogP contribution is -2.64. The highest BCUT2D eigenvalue weighted by molar-refractivity contribution is 5.87. The summed E-state index contributed by atoms with van der Waals surface area (Å²) in [5.41, 5.74) is 7.43. The maximum absolute atomic E-state index is 12.4. The number of primary amides is 1. The summed E-state index contributed by atoms with van der Waals surface area (Å²) in [7, 11) is 0. The van der Waals surface area contributed by atoms with Gasteiger partial charge in [-0.05, 0) is 36.8 Å². The number of amides is 2. The van der Waals surface area contributed by atoms with Gasteiger partial charge in [0.05, 0.1) is 5.41 Å². The molecule has 1 aliphatic heterocycles. The first-order valence-electron chi connectivity index (χ1n) is 9.25. The van der Waals surface area contributed by atoms with Gasteiger partial charge in [0, 0.05) is 19.5 Å². The number of aryl methyl sites for hydroxylation is 1. The van der Waals surface area contributed by atoms with Crippen LogP contribution in [0.4, 0.5) is 0 Å². The van der Waals surface area contributed by atoms with E-state index in [2.05, 4.69) is 12.1 Å². The van der Waals surface area contributed by atoms with Gasteiger partial charge in [0.15, 0.2) is 0 Å². The zero-order valence-electron chi connectivity index (χ0n) is 15.1. The molecule has 1 heterocycles. The van der Waals surface area contributed by atoms with Crippen LogP contribution in [-0.4, -0.2) is 29.8 Å². The third kappa shape index (κ3) is 4.31. The fourth-order valence-electron chi connectivity index (χ4n) is 3.61. The average Bonchev–Trinajstić information content (AvgIpc) is 2.62. The second-order valence-electron chi connectivity index (χ2n) is 7.25. The highest BCUT2D eigenvalue weighted by Gasteiger charge is 2.49. The SMILES string of the molecule is NC(=O)C1(Cc2ccccc2)CN(C(=O)CCCCc2ccccc2)C1. The molecular formula is C22H26N2O2. The summed E-state index contributed by atoms with van der Waals surface area (Å²) in [6.45, 7) is 0.878. The Labute approximate surface area is 155 Å². The molecule has 2 amide bonds. The van der Waals surface area contributed by atoms with E-state index in [1.54, 1.807) is 4.90 Å². The molecule has 1 saturated heterocycles. The maximum Gasteiger partial charge on any atom is 0.227 e. The summed E-state index contributed by atoms with van der Waals surface area (Å²) < 4.78 is 0. The Kier molecular flexibility index (Phi) is 5.71. The lowest BCUT2D eigenvalue weighted by Gasteiger charge is -2.48. The van der Waals surface area contributed by atoms with Gasteiger partial charge >= 0.3 is 0 Å². The number of likely N-dealkylation sites (tertiary alicyclic amines) is 1. The molecule has 26 heavy (non-hydrogen) atoms. The summed E-state index contributed by atoms with van der Waals surface area (Å²) in [4.78, 5) is 26.1. The van der Waals surface area contributed by atoms with Gasteiger partial charge in [-0.15, -0.1) is 0 Å². The number of carbonyl (C=O) groups is 2. The van der Waals surface area contributed by atoms with E-state index < -0.39 is 5.41 Å². The molecule has 0 spiro atoms. The second kappa shape index (κ2) is 8.17. The van der Waals surface area contributed by atoms with Gasteiger partial charge in [-0.1, -0.05) is 60.7 Å². The summed E-state index contributed by atoms with van der Waals surface area (Å²) in [5, 5.41) is 0. The number of nitrogens with zero attached hydrogens (tertiary/aromatic N) is 1. The number of hydrogen-bond acceptors (Lipinski definition) is 2. The fraction of sp³-hybridized carbons (Fsp3) is 0.364. The van der Waals surface area contributed by atoms with Crippen molar-refractivity contribution in [1.29, 1.82) is 0 Å². The Balaban J connectivity index is 1.44. The minimum atomic E-state index is -0.610. The number of rotatable bonds is 8. The molecule has 0 unspecified atom stereocenters. The predicted octanol–water partition coefficient (Wildman–Crippen LogP) is 2.96. The maximum atomic E-state index is 12.4. The fourth-order valence-corrected chi connectivity index (χ4v) is 3.61. The van der Waals surface area contributed by atoms with E-state index in [-0.39, 0.29) is 11.8 Å². The van der Waals surface area contributed by atoms with Crippen molar-refractivity contribution in [3.05, 3.63) is 71.8 Å². The molecule has 0 radical (unpaired) electrons. The molecule has 2 N–H and O–H groups in total. The summed E-state index contributed by atoms with van der Waals surface area (Å²) in [5.74, 6) is -0.183. The van der Waals surface area contributed by atoms with Gasteiger partial charge in [0.2, 0.25) is 11.8 Å². The molecule has 0 aromatic heterocycles. The van der Waals surface area contributed by atoms with Crippen molar-refractivity contribution >= 4 is 11.8 Å². The zero-order valence-corrected chi connectivity index (χ0v) is 15.1. The quantitative estimate of drug-likeness (QED) is 0.744. The van der Waals surface area contributed by atoms with Crippen LogP contribution < -0.4 is 5.73 Å². The van der Waals surface area contributed by atoms with Crippen molar-refractivity contribution in [2.24, 2.45) is 11.1 Å². The molecule has 2 aromatic rings. The first kappa shape index (κ1) is 18.2.